The number of rotatable bonds is 4. The van der Waals surface area contributed by atoms with Crippen LogP contribution in [0, 0.1) is 13.8 Å². The van der Waals surface area contributed by atoms with E-state index < -0.39 is 0 Å². The van der Waals surface area contributed by atoms with E-state index in [0.717, 1.165) is 17.8 Å². The van der Waals surface area contributed by atoms with Crippen LogP contribution in [0.3, 0.4) is 0 Å². The van der Waals surface area contributed by atoms with Gasteiger partial charge in [-0.2, -0.15) is 0 Å². The number of carbonyl (C=O) groups is 1. The van der Waals surface area contributed by atoms with Crippen LogP contribution in [0.15, 0.2) is 30.3 Å². The average molecular weight is 284 g/mol. The number of aryl methyl sites for hydroxylation is 2. The average Bonchev–Trinajstić information content (AvgIpc) is 2.47. The van der Waals surface area contributed by atoms with Gasteiger partial charge in [0.1, 0.15) is 5.82 Å². The molecular formula is C16H20N4O. The standard InChI is InChI=1S/C16H20N4O/c1-5-17-15-9-7-13(18-19-15)16(21)20(4)14-8-6-11(2)10-12(14)3/h6-10H,5H2,1-4H3,(H,17,19). The monoisotopic (exact) mass is 284 g/mol. The Hall–Kier alpha value is -2.43. The van der Waals surface area contributed by atoms with Crippen molar-refractivity contribution in [2.45, 2.75) is 20.8 Å². The molecule has 0 aliphatic rings. The minimum atomic E-state index is -0.169. The molecule has 1 amide bonds. The summed E-state index contributed by atoms with van der Waals surface area (Å²) in [6.45, 7) is 6.77. The smallest absolute Gasteiger partial charge is 0.278 e. The predicted octanol–water partition coefficient (Wildman–Crippen LogP) is 2.80. The molecule has 1 aromatic heterocycles. The Bertz CT molecular complexity index is 637. The third kappa shape index (κ3) is 3.37. The molecule has 0 aliphatic carbocycles. The van der Waals surface area contributed by atoms with E-state index >= 15 is 0 Å². The van der Waals surface area contributed by atoms with Crippen molar-refractivity contribution in [2.24, 2.45) is 0 Å². The maximum Gasteiger partial charge on any atom is 0.278 e. The van der Waals surface area contributed by atoms with Crippen LogP contribution in [-0.2, 0) is 0 Å². The van der Waals surface area contributed by atoms with Gasteiger partial charge in [0.15, 0.2) is 5.69 Å². The van der Waals surface area contributed by atoms with E-state index in [1.54, 1.807) is 24.1 Å². The molecule has 0 fully saturated rings. The van der Waals surface area contributed by atoms with E-state index in [9.17, 15) is 4.79 Å². The third-order valence-electron chi connectivity index (χ3n) is 3.26. The first-order valence-electron chi connectivity index (χ1n) is 6.96. The van der Waals surface area contributed by atoms with Crippen LogP contribution in [0.25, 0.3) is 0 Å². The van der Waals surface area contributed by atoms with Gasteiger partial charge in [0.05, 0.1) is 0 Å². The van der Waals surface area contributed by atoms with Gasteiger partial charge in [-0.05, 0) is 44.5 Å². The number of benzene rings is 1. The summed E-state index contributed by atoms with van der Waals surface area (Å²) in [5.74, 6) is 0.501. The van der Waals surface area contributed by atoms with Crippen molar-refractivity contribution in [1.29, 1.82) is 0 Å². The van der Waals surface area contributed by atoms with Gasteiger partial charge in [0.2, 0.25) is 0 Å². The summed E-state index contributed by atoms with van der Waals surface area (Å²) >= 11 is 0. The topological polar surface area (TPSA) is 58.1 Å². The molecule has 2 rings (SSSR count). The molecule has 5 nitrogen and oxygen atoms in total. The maximum atomic E-state index is 12.5. The van der Waals surface area contributed by atoms with Gasteiger partial charge in [0, 0.05) is 19.3 Å². The summed E-state index contributed by atoms with van der Waals surface area (Å²) in [5.41, 5.74) is 3.44. The summed E-state index contributed by atoms with van der Waals surface area (Å²) in [5, 5.41) is 11.0. The molecule has 1 aromatic carbocycles. The second kappa shape index (κ2) is 6.35. The van der Waals surface area contributed by atoms with Crippen LogP contribution in [0.5, 0.6) is 0 Å². The lowest BCUT2D eigenvalue weighted by Gasteiger charge is -2.19. The van der Waals surface area contributed by atoms with E-state index in [0.29, 0.717) is 11.5 Å². The first-order valence-corrected chi connectivity index (χ1v) is 6.96. The van der Waals surface area contributed by atoms with Crippen LogP contribution in [0.1, 0.15) is 28.5 Å². The number of nitrogens with zero attached hydrogens (tertiary/aromatic N) is 3. The molecule has 2 aromatic rings. The number of hydrogen-bond acceptors (Lipinski definition) is 4. The number of nitrogens with one attached hydrogen (secondary N) is 1. The zero-order chi connectivity index (χ0) is 15.4. The normalized spacial score (nSPS) is 10.3. The fourth-order valence-corrected chi connectivity index (χ4v) is 2.18. The molecular weight excluding hydrogens is 264 g/mol. The number of anilines is 2. The van der Waals surface area contributed by atoms with Crippen LogP contribution in [0.4, 0.5) is 11.5 Å². The molecule has 0 unspecified atom stereocenters. The summed E-state index contributed by atoms with van der Waals surface area (Å²) in [7, 11) is 1.75. The first kappa shape index (κ1) is 15.0. The van der Waals surface area contributed by atoms with E-state index in [-0.39, 0.29) is 5.91 Å². The summed E-state index contributed by atoms with van der Waals surface area (Å²) < 4.78 is 0. The quantitative estimate of drug-likeness (QED) is 0.938. The van der Waals surface area contributed by atoms with Crippen molar-refractivity contribution < 1.29 is 4.79 Å². The number of carbonyl (C=O) groups excluding carboxylic acids is 1. The van der Waals surface area contributed by atoms with Gasteiger partial charge in [-0.15, -0.1) is 10.2 Å². The number of aromatic nitrogens is 2. The zero-order valence-corrected chi connectivity index (χ0v) is 12.8. The van der Waals surface area contributed by atoms with E-state index in [1.807, 2.05) is 32.9 Å². The van der Waals surface area contributed by atoms with Crippen LogP contribution < -0.4 is 10.2 Å². The Morgan fingerprint density at radius 2 is 1.95 bits per heavy atom. The van der Waals surface area contributed by atoms with Crippen molar-refractivity contribution in [3.63, 3.8) is 0 Å². The molecule has 1 heterocycles. The van der Waals surface area contributed by atoms with Gasteiger partial charge in [-0.1, -0.05) is 17.7 Å². The van der Waals surface area contributed by atoms with Crippen molar-refractivity contribution in [2.75, 3.05) is 23.8 Å². The number of hydrogen-bond donors (Lipinski definition) is 1. The molecule has 0 radical (unpaired) electrons. The Morgan fingerprint density at radius 3 is 2.52 bits per heavy atom. The summed E-state index contributed by atoms with van der Waals surface area (Å²) in [6, 6.07) is 9.45. The molecule has 5 heteroatoms. The Balaban J connectivity index is 2.22. The first-order chi connectivity index (χ1) is 10.0. The predicted molar refractivity (Wildman–Crippen MR) is 84.8 cm³/mol. The lowest BCUT2D eigenvalue weighted by molar-refractivity contribution is 0.0987. The summed E-state index contributed by atoms with van der Waals surface area (Å²) in [6.07, 6.45) is 0. The second-order valence-electron chi connectivity index (χ2n) is 4.99. The lowest BCUT2D eigenvalue weighted by atomic mass is 10.1. The fraction of sp³-hybridized carbons (Fsp3) is 0.312. The Labute approximate surface area is 125 Å². The highest BCUT2D eigenvalue weighted by molar-refractivity contribution is 6.04. The Morgan fingerprint density at radius 1 is 1.19 bits per heavy atom. The highest BCUT2D eigenvalue weighted by Gasteiger charge is 2.17. The molecule has 0 spiro atoms. The van der Waals surface area contributed by atoms with E-state index in [1.165, 1.54) is 5.56 Å². The lowest BCUT2D eigenvalue weighted by Crippen LogP contribution is -2.28. The van der Waals surface area contributed by atoms with Gasteiger partial charge in [-0.3, -0.25) is 4.79 Å². The maximum absolute atomic E-state index is 12.5. The molecule has 0 saturated heterocycles. The van der Waals surface area contributed by atoms with Gasteiger partial charge in [-0.25, -0.2) is 0 Å². The fourth-order valence-electron chi connectivity index (χ4n) is 2.18. The minimum Gasteiger partial charge on any atom is -0.369 e. The molecule has 0 saturated carbocycles. The number of amides is 1. The zero-order valence-electron chi connectivity index (χ0n) is 12.8. The van der Waals surface area contributed by atoms with Gasteiger partial charge in [0.25, 0.3) is 5.91 Å². The van der Waals surface area contributed by atoms with Crippen LogP contribution in [0.2, 0.25) is 0 Å². The summed E-state index contributed by atoms with van der Waals surface area (Å²) in [4.78, 5) is 14.1. The molecule has 1 N–H and O–H groups in total. The minimum absolute atomic E-state index is 0.169. The molecule has 0 aliphatic heterocycles. The molecule has 0 bridgehead atoms. The van der Waals surface area contributed by atoms with E-state index in [2.05, 4.69) is 21.6 Å². The van der Waals surface area contributed by atoms with Gasteiger partial charge < -0.3 is 10.2 Å². The van der Waals surface area contributed by atoms with Crippen molar-refractivity contribution >= 4 is 17.4 Å². The highest BCUT2D eigenvalue weighted by Crippen LogP contribution is 2.21. The van der Waals surface area contributed by atoms with E-state index in [4.69, 9.17) is 0 Å². The van der Waals surface area contributed by atoms with Gasteiger partial charge >= 0.3 is 0 Å². The van der Waals surface area contributed by atoms with Crippen molar-refractivity contribution in [1.82, 2.24) is 10.2 Å². The largest absolute Gasteiger partial charge is 0.369 e. The third-order valence-corrected chi connectivity index (χ3v) is 3.26. The van der Waals surface area contributed by atoms with Crippen LogP contribution in [-0.4, -0.2) is 29.7 Å². The Kier molecular flexibility index (Phi) is 4.52. The second-order valence-corrected chi connectivity index (χ2v) is 4.99. The van der Waals surface area contributed by atoms with Crippen molar-refractivity contribution in [3.8, 4) is 0 Å². The van der Waals surface area contributed by atoms with Crippen LogP contribution >= 0.6 is 0 Å². The molecule has 21 heavy (non-hydrogen) atoms. The SMILES string of the molecule is CCNc1ccc(C(=O)N(C)c2ccc(C)cc2C)nn1. The highest BCUT2D eigenvalue weighted by atomic mass is 16.2. The molecule has 110 valence electrons. The molecule has 0 atom stereocenters. The van der Waals surface area contributed by atoms with Crippen molar-refractivity contribution in [3.05, 3.63) is 47.2 Å².